The number of rotatable bonds is 4. The topological polar surface area (TPSA) is 74.8 Å². The van der Waals surface area contributed by atoms with E-state index in [1.807, 2.05) is 60.7 Å². The number of carbonyl (C=O) groups is 1. The predicted octanol–water partition coefficient (Wildman–Crippen LogP) is 4.57. The molecular weight excluding hydrogens is 340 g/mol. The highest BCUT2D eigenvalue weighted by atomic mass is 16.3. The Morgan fingerprint density at radius 3 is 2.41 bits per heavy atom. The van der Waals surface area contributed by atoms with Gasteiger partial charge in [-0.1, -0.05) is 54.6 Å². The van der Waals surface area contributed by atoms with E-state index in [1.54, 1.807) is 18.2 Å². The minimum atomic E-state index is -0.496. The van der Waals surface area contributed by atoms with Crippen molar-refractivity contribution in [3.8, 4) is 17.1 Å². The number of furan rings is 1. The molecule has 1 aromatic heterocycles. The minimum Gasteiger partial charge on any atom is -0.507 e. The molecule has 0 radical (unpaired) electrons. The van der Waals surface area contributed by atoms with E-state index in [0.29, 0.717) is 5.76 Å². The Morgan fingerprint density at radius 2 is 1.63 bits per heavy atom. The summed E-state index contributed by atoms with van der Waals surface area (Å²) in [6, 6.07) is 24.0. The van der Waals surface area contributed by atoms with Crippen LogP contribution < -0.4 is 5.43 Å². The lowest BCUT2D eigenvalue weighted by molar-refractivity contribution is 0.0952. The Kier molecular flexibility index (Phi) is 4.41. The molecule has 4 rings (SSSR count). The summed E-state index contributed by atoms with van der Waals surface area (Å²) < 4.78 is 5.69. The van der Waals surface area contributed by atoms with Crippen molar-refractivity contribution >= 4 is 22.9 Å². The molecule has 3 aromatic carbocycles. The molecule has 0 aliphatic carbocycles. The van der Waals surface area contributed by atoms with Gasteiger partial charge in [-0.05, 0) is 35.0 Å². The number of amides is 1. The molecule has 5 heteroatoms. The number of nitrogens with zero attached hydrogens (tertiary/aromatic N) is 1. The summed E-state index contributed by atoms with van der Waals surface area (Å²) in [5.74, 6) is 0.641. The highest BCUT2D eigenvalue weighted by molar-refractivity contribution is 6.01. The molecule has 132 valence electrons. The Morgan fingerprint density at radius 1 is 0.926 bits per heavy atom. The molecule has 0 saturated carbocycles. The number of fused-ring (bicyclic) bond motifs is 1. The van der Waals surface area contributed by atoms with Gasteiger partial charge in [0.05, 0.1) is 11.8 Å². The summed E-state index contributed by atoms with van der Waals surface area (Å²) >= 11 is 0. The van der Waals surface area contributed by atoms with Crippen molar-refractivity contribution in [3.05, 3.63) is 90.2 Å². The van der Waals surface area contributed by atoms with Gasteiger partial charge in [0.15, 0.2) is 0 Å². The van der Waals surface area contributed by atoms with Gasteiger partial charge in [0.1, 0.15) is 17.3 Å². The normalized spacial score (nSPS) is 11.1. The van der Waals surface area contributed by atoms with Gasteiger partial charge in [0.25, 0.3) is 5.91 Å². The predicted molar refractivity (Wildman–Crippen MR) is 105 cm³/mol. The van der Waals surface area contributed by atoms with Crippen molar-refractivity contribution in [2.75, 3.05) is 0 Å². The largest absolute Gasteiger partial charge is 0.507 e. The third-order valence-electron chi connectivity index (χ3n) is 4.15. The second-order valence-electron chi connectivity index (χ2n) is 5.98. The fraction of sp³-hybridized carbons (Fsp3) is 0. The van der Waals surface area contributed by atoms with E-state index in [2.05, 4.69) is 10.5 Å². The number of phenols is 1. The first-order valence-corrected chi connectivity index (χ1v) is 8.41. The smallest absolute Gasteiger partial charge is 0.275 e. The third kappa shape index (κ3) is 3.57. The van der Waals surface area contributed by atoms with Gasteiger partial charge >= 0.3 is 0 Å². The maximum atomic E-state index is 12.3. The number of phenolic OH excluding ortho intramolecular Hbond substituents is 1. The lowest BCUT2D eigenvalue weighted by atomic mass is 10.1. The van der Waals surface area contributed by atoms with Crippen LogP contribution in [-0.2, 0) is 0 Å². The molecule has 1 heterocycles. The summed E-state index contributed by atoms with van der Waals surface area (Å²) in [4.78, 5) is 12.3. The van der Waals surface area contributed by atoms with Crippen molar-refractivity contribution in [1.82, 2.24) is 5.43 Å². The quantitative estimate of drug-likeness (QED) is 0.415. The van der Waals surface area contributed by atoms with Crippen molar-refractivity contribution in [3.63, 3.8) is 0 Å². The van der Waals surface area contributed by atoms with Gasteiger partial charge < -0.3 is 9.52 Å². The Labute approximate surface area is 155 Å². The SMILES string of the molecule is O=C(NN=Cc1ccc(-c2ccccc2)o1)c1cc2ccccc2cc1O. The molecule has 2 N–H and O–H groups in total. The molecule has 0 spiro atoms. The maximum Gasteiger partial charge on any atom is 0.275 e. The zero-order valence-corrected chi connectivity index (χ0v) is 14.3. The van der Waals surface area contributed by atoms with Crippen LogP contribution in [0.3, 0.4) is 0 Å². The number of carbonyl (C=O) groups excluding carboxylic acids is 1. The number of hydrogen-bond donors (Lipinski definition) is 2. The fourth-order valence-corrected chi connectivity index (χ4v) is 2.80. The van der Waals surface area contributed by atoms with Crippen molar-refractivity contribution in [2.24, 2.45) is 5.10 Å². The van der Waals surface area contributed by atoms with E-state index >= 15 is 0 Å². The number of benzene rings is 3. The average Bonchev–Trinajstić information content (AvgIpc) is 3.17. The molecule has 0 aliphatic rings. The first-order chi connectivity index (χ1) is 13.2. The van der Waals surface area contributed by atoms with Crippen LogP contribution in [0, 0.1) is 0 Å². The van der Waals surface area contributed by atoms with Crippen LogP contribution in [0.5, 0.6) is 5.75 Å². The van der Waals surface area contributed by atoms with Crippen LogP contribution in [0.4, 0.5) is 0 Å². The first-order valence-electron chi connectivity index (χ1n) is 8.41. The number of aromatic hydroxyl groups is 1. The number of hydrogen-bond acceptors (Lipinski definition) is 4. The minimum absolute atomic E-state index is 0.0919. The van der Waals surface area contributed by atoms with E-state index in [4.69, 9.17) is 4.42 Å². The van der Waals surface area contributed by atoms with Crippen molar-refractivity contribution in [2.45, 2.75) is 0 Å². The lowest BCUT2D eigenvalue weighted by Gasteiger charge is -2.05. The molecule has 0 saturated heterocycles. The van der Waals surface area contributed by atoms with Gasteiger partial charge in [-0.3, -0.25) is 4.79 Å². The molecule has 0 atom stereocenters. The highest BCUT2D eigenvalue weighted by Crippen LogP contribution is 2.25. The summed E-state index contributed by atoms with van der Waals surface area (Å²) in [5.41, 5.74) is 3.54. The summed E-state index contributed by atoms with van der Waals surface area (Å²) in [6.07, 6.45) is 1.42. The van der Waals surface area contributed by atoms with Crippen LogP contribution in [0.15, 0.2) is 88.4 Å². The first kappa shape index (κ1) is 16.6. The van der Waals surface area contributed by atoms with Gasteiger partial charge in [-0.25, -0.2) is 5.43 Å². The van der Waals surface area contributed by atoms with Crippen LogP contribution >= 0.6 is 0 Å². The van der Waals surface area contributed by atoms with Gasteiger partial charge in [0, 0.05) is 5.56 Å². The van der Waals surface area contributed by atoms with Crippen molar-refractivity contribution in [1.29, 1.82) is 0 Å². The second-order valence-corrected chi connectivity index (χ2v) is 5.98. The average molecular weight is 356 g/mol. The molecule has 27 heavy (non-hydrogen) atoms. The van der Waals surface area contributed by atoms with Crippen LogP contribution in [0.1, 0.15) is 16.1 Å². The molecule has 0 aliphatic heterocycles. The Bertz CT molecular complexity index is 1130. The van der Waals surface area contributed by atoms with Crippen LogP contribution in [0.25, 0.3) is 22.1 Å². The van der Waals surface area contributed by atoms with E-state index in [9.17, 15) is 9.90 Å². The Hall–Kier alpha value is -3.86. The molecule has 1 amide bonds. The number of hydrazone groups is 1. The second kappa shape index (κ2) is 7.17. The maximum absolute atomic E-state index is 12.3. The molecular formula is C22H16N2O3. The van der Waals surface area contributed by atoms with E-state index in [-0.39, 0.29) is 11.3 Å². The summed E-state index contributed by atoms with van der Waals surface area (Å²) in [5, 5.41) is 15.7. The van der Waals surface area contributed by atoms with Crippen LogP contribution in [-0.4, -0.2) is 17.2 Å². The lowest BCUT2D eigenvalue weighted by Crippen LogP contribution is -2.17. The molecule has 0 fully saturated rings. The zero-order chi connectivity index (χ0) is 18.6. The summed E-state index contributed by atoms with van der Waals surface area (Å²) in [6.45, 7) is 0. The third-order valence-corrected chi connectivity index (χ3v) is 4.15. The Balaban J connectivity index is 1.48. The standard InChI is InChI=1S/C22H16N2O3/c25-20-13-17-9-5-4-8-16(17)12-19(20)22(26)24-23-14-18-10-11-21(27-18)15-6-2-1-3-7-15/h1-14,25H,(H,24,26). The van der Waals surface area contributed by atoms with Gasteiger partial charge in [-0.15, -0.1) is 0 Å². The molecule has 5 nitrogen and oxygen atoms in total. The van der Waals surface area contributed by atoms with E-state index in [0.717, 1.165) is 22.1 Å². The number of nitrogens with one attached hydrogen (secondary N) is 1. The van der Waals surface area contributed by atoms with Gasteiger partial charge in [0.2, 0.25) is 0 Å². The van der Waals surface area contributed by atoms with Crippen LogP contribution in [0.2, 0.25) is 0 Å². The fourth-order valence-electron chi connectivity index (χ4n) is 2.80. The van der Waals surface area contributed by atoms with Crippen molar-refractivity contribution < 1.29 is 14.3 Å². The van der Waals surface area contributed by atoms with E-state index < -0.39 is 5.91 Å². The zero-order valence-electron chi connectivity index (χ0n) is 14.3. The molecule has 4 aromatic rings. The highest BCUT2D eigenvalue weighted by Gasteiger charge is 2.12. The summed E-state index contributed by atoms with van der Waals surface area (Å²) in [7, 11) is 0. The van der Waals surface area contributed by atoms with E-state index in [1.165, 1.54) is 6.21 Å². The molecule has 0 unspecified atom stereocenters. The molecule has 0 bridgehead atoms. The van der Waals surface area contributed by atoms with Gasteiger partial charge in [-0.2, -0.15) is 5.10 Å². The monoisotopic (exact) mass is 356 g/mol.